The molecule has 0 aromatic heterocycles. The summed E-state index contributed by atoms with van der Waals surface area (Å²) in [6, 6.07) is 9.62. The largest absolute Gasteiger partial charge is 0.495 e. The third kappa shape index (κ3) is 5.99. The molecule has 2 fully saturated rings. The van der Waals surface area contributed by atoms with Crippen molar-refractivity contribution in [2.45, 2.75) is 12.0 Å². The van der Waals surface area contributed by atoms with Gasteiger partial charge in [0, 0.05) is 57.8 Å². The molecule has 3 amide bonds. The number of rotatable bonds is 5. The highest BCUT2D eigenvalue weighted by atomic mass is 35.5. The Morgan fingerprint density at radius 1 is 0.921 bits per heavy atom. The second-order valence-corrected chi connectivity index (χ2v) is 12.7. The van der Waals surface area contributed by atoms with E-state index in [1.807, 2.05) is 6.07 Å². The van der Waals surface area contributed by atoms with E-state index in [-0.39, 0.29) is 37.0 Å². The molecule has 0 unspecified atom stereocenters. The Kier molecular flexibility index (Phi) is 8.68. The lowest BCUT2D eigenvalue weighted by Crippen LogP contribution is -2.53. The van der Waals surface area contributed by atoms with Gasteiger partial charge in [-0.15, -0.1) is 0 Å². The maximum atomic E-state index is 13.5. The Labute approximate surface area is 237 Å². The first-order chi connectivity index (χ1) is 17.9. The number of hydrogen-bond donors (Lipinski definition) is 0. The molecule has 38 heavy (non-hydrogen) atoms. The van der Waals surface area contributed by atoms with Crippen LogP contribution >= 0.6 is 34.8 Å². The van der Waals surface area contributed by atoms with E-state index in [2.05, 4.69) is 0 Å². The third-order valence-electron chi connectivity index (χ3n) is 7.13. The number of halogens is 3. The first kappa shape index (κ1) is 28.8. The first-order valence-corrected chi connectivity index (χ1v) is 14.9. The van der Waals surface area contributed by atoms with Gasteiger partial charge in [0.15, 0.2) is 0 Å². The summed E-state index contributed by atoms with van der Waals surface area (Å²) in [6.45, 7) is 1.73. The number of nitrogens with zero attached hydrogens (tertiary/aromatic N) is 4. The Morgan fingerprint density at radius 3 is 2.18 bits per heavy atom. The van der Waals surface area contributed by atoms with Crippen molar-refractivity contribution in [3.05, 3.63) is 62.6 Å². The van der Waals surface area contributed by atoms with Crippen molar-refractivity contribution in [1.82, 2.24) is 19.0 Å². The predicted molar refractivity (Wildman–Crippen MR) is 148 cm³/mol. The fraction of sp³-hybridized carbons (Fsp3) is 0.440. The molecular weight excluding hydrogens is 575 g/mol. The van der Waals surface area contributed by atoms with E-state index in [9.17, 15) is 18.0 Å². The van der Waals surface area contributed by atoms with Crippen LogP contribution in [0.15, 0.2) is 36.4 Å². The molecule has 0 N–H and O–H groups in total. The first-order valence-electron chi connectivity index (χ1n) is 11.9. The van der Waals surface area contributed by atoms with Crippen molar-refractivity contribution in [3.8, 4) is 5.75 Å². The Bertz CT molecular complexity index is 1330. The minimum atomic E-state index is -3.31. The molecule has 2 aromatic carbocycles. The van der Waals surface area contributed by atoms with Gasteiger partial charge in [-0.25, -0.2) is 13.2 Å². The van der Waals surface area contributed by atoms with E-state index in [1.54, 1.807) is 52.1 Å². The van der Waals surface area contributed by atoms with E-state index >= 15 is 0 Å². The smallest absolute Gasteiger partial charge is 0.320 e. The quantitative estimate of drug-likeness (QED) is 0.517. The third-order valence-corrected chi connectivity index (χ3v) is 9.46. The Morgan fingerprint density at radius 2 is 1.61 bits per heavy atom. The van der Waals surface area contributed by atoms with Crippen LogP contribution in [-0.4, -0.2) is 105 Å². The number of amides is 3. The van der Waals surface area contributed by atoms with Crippen LogP contribution in [0.25, 0.3) is 0 Å². The molecule has 0 aliphatic carbocycles. The van der Waals surface area contributed by atoms with Crippen molar-refractivity contribution in [1.29, 1.82) is 0 Å². The molecule has 0 bridgehead atoms. The van der Waals surface area contributed by atoms with Gasteiger partial charge in [0.1, 0.15) is 5.75 Å². The van der Waals surface area contributed by atoms with E-state index in [4.69, 9.17) is 39.5 Å². The summed E-state index contributed by atoms with van der Waals surface area (Å²) in [5.41, 5.74) is 1.25. The second-order valence-electron chi connectivity index (χ2n) is 9.45. The number of sulfonamides is 1. The molecule has 9 nitrogen and oxygen atoms in total. The van der Waals surface area contributed by atoms with Crippen LogP contribution in [-0.2, 0) is 10.0 Å². The van der Waals surface area contributed by atoms with Gasteiger partial charge in [-0.1, -0.05) is 40.9 Å². The molecule has 2 saturated heterocycles. The van der Waals surface area contributed by atoms with Crippen LogP contribution < -0.4 is 4.74 Å². The van der Waals surface area contributed by atoms with Gasteiger partial charge >= 0.3 is 6.03 Å². The fourth-order valence-electron chi connectivity index (χ4n) is 4.97. The van der Waals surface area contributed by atoms with Crippen LogP contribution in [0.5, 0.6) is 5.75 Å². The number of methoxy groups -OCH3 is 1. The summed E-state index contributed by atoms with van der Waals surface area (Å²) in [6.07, 6.45) is 1.17. The molecule has 0 saturated carbocycles. The summed E-state index contributed by atoms with van der Waals surface area (Å²) in [4.78, 5) is 32.0. The van der Waals surface area contributed by atoms with Gasteiger partial charge in [0.05, 0.1) is 34.5 Å². The lowest BCUT2D eigenvalue weighted by molar-refractivity contribution is 0.0723. The second kappa shape index (κ2) is 11.5. The molecule has 2 aromatic rings. The lowest BCUT2D eigenvalue weighted by atomic mass is 9.93. The normalized spacial score (nSPS) is 20.5. The van der Waals surface area contributed by atoms with Crippen molar-refractivity contribution < 1.29 is 22.7 Å². The van der Waals surface area contributed by atoms with Crippen LogP contribution in [0.1, 0.15) is 21.8 Å². The molecule has 0 spiro atoms. The summed E-state index contributed by atoms with van der Waals surface area (Å²) < 4.78 is 30.3. The zero-order chi connectivity index (χ0) is 27.8. The summed E-state index contributed by atoms with van der Waals surface area (Å²) in [5, 5.41) is 1.13. The number of urea groups is 1. The van der Waals surface area contributed by atoms with Gasteiger partial charge in [-0.05, 0) is 35.9 Å². The molecular formula is C25H29Cl3N4O5S. The highest BCUT2D eigenvalue weighted by Crippen LogP contribution is 2.35. The van der Waals surface area contributed by atoms with Gasteiger partial charge in [-0.3, -0.25) is 4.79 Å². The van der Waals surface area contributed by atoms with Crippen molar-refractivity contribution >= 4 is 56.8 Å². The molecule has 206 valence electrons. The summed E-state index contributed by atoms with van der Waals surface area (Å²) in [5.74, 6) is -0.0115. The van der Waals surface area contributed by atoms with Crippen molar-refractivity contribution in [2.75, 3.05) is 59.7 Å². The number of piperazine rings is 1. The Hall–Kier alpha value is -2.24. The van der Waals surface area contributed by atoms with Crippen LogP contribution in [0.3, 0.4) is 0 Å². The number of carbonyl (C=O) groups excluding carboxylic acids is 2. The SMILES string of the molecule is COc1ccc(C(=O)N(C)[C@H]2CN(C(=O)N3CCN(S(C)(=O)=O)CC3)C[C@H]2c2ccc(Cl)c(Cl)c2)cc1Cl. The van der Waals surface area contributed by atoms with E-state index in [0.29, 0.717) is 52.6 Å². The van der Waals surface area contributed by atoms with Crippen molar-refractivity contribution in [2.24, 2.45) is 0 Å². The van der Waals surface area contributed by atoms with E-state index in [1.165, 1.54) is 17.7 Å². The number of likely N-dealkylation sites (N-methyl/N-ethyl adjacent to an activating group) is 1. The number of carbonyl (C=O) groups is 2. The molecule has 2 heterocycles. The average Bonchev–Trinajstić information content (AvgIpc) is 3.34. The minimum absolute atomic E-state index is 0.195. The van der Waals surface area contributed by atoms with Crippen LogP contribution in [0, 0.1) is 0 Å². The molecule has 0 radical (unpaired) electrons. The zero-order valence-corrected chi connectivity index (χ0v) is 24.3. The number of likely N-dealkylation sites (tertiary alicyclic amines) is 1. The summed E-state index contributed by atoms with van der Waals surface area (Å²) in [7, 11) is -0.108. The fourth-order valence-corrected chi connectivity index (χ4v) is 6.36. The van der Waals surface area contributed by atoms with Crippen LogP contribution in [0.4, 0.5) is 4.79 Å². The van der Waals surface area contributed by atoms with Gasteiger partial charge in [0.2, 0.25) is 10.0 Å². The zero-order valence-electron chi connectivity index (χ0n) is 21.2. The molecule has 2 aliphatic rings. The van der Waals surface area contributed by atoms with Crippen molar-refractivity contribution in [3.63, 3.8) is 0 Å². The Balaban J connectivity index is 1.58. The van der Waals surface area contributed by atoms with E-state index in [0.717, 1.165) is 5.56 Å². The average molecular weight is 604 g/mol. The van der Waals surface area contributed by atoms with Gasteiger partial charge in [0.25, 0.3) is 5.91 Å². The molecule has 13 heteroatoms. The maximum absolute atomic E-state index is 13.5. The standard InChI is InChI=1S/C25H29Cl3N4O5S/c1-29(24(33)17-5-7-23(37-2)21(28)13-17)22-15-31(14-18(22)16-4-6-19(26)20(27)12-16)25(34)30-8-10-32(11-9-30)38(3,35)36/h4-7,12-13,18,22H,8-11,14-15H2,1-3H3/t18-,22-/m0/s1. The maximum Gasteiger partial charge on any atom is 0.320 e. The minimum Gasteiger partial charge on any atom is -0.495 e. The number of ether oxygens (including phenoxy) is 1. The monoisotopic (exact) mass is 602 g/mol. The molecule has 2 aliphatic heterocycles. The highest BCUT2D eigenvalue weighted by molar-refractivity contribution is 7.88. The predicted octanol–water partition coefficient (Wildman–Crippen LogP) is 3.89. The lowest BCUT2D eigenvalue weighted by Gasteiger charge is -2.35. The number of hydrogen-bond acceptors (Lipinski definition) is 5. The highest BCUT2D eigenvalue weighted by Gasteiger charge is 2.42. The summed E-state index contributed by atoms with van der Waals surface area (Å²) >= 11 is 18.7. The van der Waals surface area contributed by atoms with Gasteiger partial charge < -0.3 is 19.4 Å². The molecule has 2 atom stereocenters. The molecule has 4 rings (SSSR count). The van der Waals surface area contributed by atoms with E-state index < -0.39 is 10.0 Å². The topological polar surface area (TPSA) is 90.5 Å². The van der Waals surface area contributed by atoms with Crippen LogP contribution in [0.2, 0.25) is 15.1 Å². The van der Waals surface area contributed by atoms with Gasteiger partial charge in [-0.2, -0.15) is 4.31 Å². The number of benzene rings is 2.